The van der Waals surface area contributed by atoms with Crippen molar-refractivity contribution in [2.45, 2.75) is 20.3 Å². The van der Waals surface area contributed by atoms with E-state index < -0.39 is 11.2 Å². The van der Waals surface area contributed by atoms with Gasteiger partial charge in [0, 0.05) is 12.0 Å². The summed E-state index contributed by atoms with van der Waals surface area (Å²) in [5, 5.41) is 3.22. The number of rotatable bonds is 3. The summed E-state index contributed by atoms with van der Waals surface area (Å²) < 4.78 is 14.4. The summed E-state index contributed by atoms with van der Waals surface area (Å²) in [7, 11) is 0. The predicted molar refractivity (Wildman–Crippen MR) is 73.2 cm³/mol. The molecule has 0 aromatic heterocycles. The third-order valence-electron chi connectivity index (χ3n) is 3.94. The number of halogens is 2. The van der Waals surface area contributed by atoms with Gasteiger partial charge in [0.05, 0.1) is 10.0 Å². The zero-order valence-corrected chi connectivity index (χ0v) is 12.2. The summed E-state index contributed by atoms with van der Waals surface area (Å²) in [5.74, 6) is -0.339. The topological polar surface area (TPSA) is 29.1 Å². The fourth-order valence-electron chi connectivity index (χ4n) is 2.61. The summed E-state index contributed by atoms with van der Waals surface area (Å²) in [4.78, 5) is 12.7. The van der Waals surface area contributed by atoms with Crippen LogP contribution >= 0.6 is 15.9 Å². The van der Waals surface area contributed by atoms with Crippen LogP contribution in [0.25, 0.3) is 0 Å². The second-order valence-corrected chi connectivity index (χ2v) is 6.02. The number of ketones is 1. The number of carbonyl (C=O) groups excluding carboxylic acids is 1. The molecule has 1 N–H and O–H groups in total. The van der Waals surface area contributed by atoms with E-state index in [9.17, 15) is 9.18 Å². The highest BCUT2D eigenvalue weighted by molar-refractivity contribution is 9.10. The van der Waals surface area contributed by atoms with Gasteiger partial charge in [-0.05, 0) is 46.9 Å². The molecule has 1 aromatic carbocycles. The SMILES string of the molecule is CC(C)C1(C(=O)c2cccc(Br)c2F)CCNC1. The van der Waals surface area contributed by atoms with Crippen molar-refractivity contribution < 1.29 is 9.18 Å². The highest BCUT2D eigenvalue weighted by atomic mass is 79.9. The van der Waals surface area contributed by atoms with Crippen LogP contribution in [0.15, 0.2) is 22.7 Å². The van der Waals surface area contributed by atoms with E-state index in [1.54, 1.807) is 18.2 Å². The van der Waals surface area contributed by atoms with Gasteiger partial charge in [-0.15, -0.1) is 0 Å². The van der Waals surface area contributed by atoms with Crippen molar-refractivity contribution in [3.8, 4) is 0 Å². The fraction of sp³-hybridized carbons (Fsp3) is 0.500. The number of hydrogen-bond donors (Lipinski definition) is 1. The third-order valence-corrected chi connectivity index (χ3v) is 4.55. The lowest BCUT2D eigenvalue weighted by atomic mass is 9.71. The normalized spacial score (nSPS) is 23.6. The Morgan fingerprint density at radius 1 is 1.50 bits per heavy atom. The summed E-state index contributed by atoms with van der Waals surface area (Å²) in [5.41, 5.74) is -0.275. The molecule has 4 heteroatoms. The van der Waals surface area contributed by atoms with Gasteiger partial charge in [-0.25, -0.2) is 4.39 Å². The van der Waals surface area contributed by atoms with Gasteiger partial charge < -0.3 is 5.32 Å². The maximum atomic E-state index is 14.1. The van der Waals surface area contributed by atoms with E-state index in [1.807, 2.05) is 13.8 Å². The predicted octanol–water partition coefficient (Wildman–Crippen LogP) is 3.41. The third kappa shape index (κ3) is 2.12. The van der Waals surface area contributed by atoms with Gasteiger partial charge in [-0.2, -0.15) is 0 Å². The minimum atomic E-state index is -0.471. The monoisotopic (exact) mass is 313 g/mol. The smallest absolute Gasteiger partial charge is 0.173 e. The Bertz CT molecular complexity index is 467. The molecule has 0 amide bonds. The van der Waals surface area contributed by atoms with Crippen molar-refractivity contribution in [3.63, 3.8) is 0 Å². The second-order valence-electron chi connectivity index (χ2n) is 5.17. The van der Waals surface area contributed by atoms with E-state index in [2.05, 4.69) is 21.2 Å². The Labute approximate surface area is 115 Å². The van der Waals surface area contributed by atoms with Crippen molar-refractivity contribution in [3.05, 3.63) is 34.1 Å². The lowest BCUT2D eigenvalue weighted by molar-refractivity contribution is 0.0735. The molecule has 0 aliphatic carbocycles. The van der Waals surface area contributed by atoms with Gasteiger partial charge in [0.1, 0.15) is 5.82 Å². The molecule has 0 radical (unpaired) electrons. The molecule has 2 rings (SSSR count). The van der Waals surface area contributed by atoms with Crippen LogP contribution in [0.2, 0.25) is 0 Å². The molecule has 18 heavy (non-hydrogen) atoms. The quantitative estimate of drug-likeness (QED) is 0.866. The van der Waals surface area contributed by atoms with E-state index in [1.165, 1.54) is 0 Å². The number of carbonyl (C=O) groups is 1. The Morgan fingerprint density at radius 3 is 2.78 bits per heavy atom. The molecule has 1 atom stereocenters. The summed E-state index contributed by atoms with van der Waals surface area (Å²) >= 11 is 3.13. The lowest BCUT2D eigenvalue weighted by Gasteiger charge is -2.31. The van der Waals surface area contributed by atoms with Gasteiger partial charge in [0.25, 0.3) is 0 Å². The van der Waals surface area contributed by atoms with E-state index in [-0.39, 0.29) is 17.3 Å². The van der Waals surface area contributed by atoms with Crippen LogP contribution in [0.4, 0.5) is 4.39 Å². The Morgan fingerprint density at radius 2 is 2.22 bits per heavy atom. The van der Waals surface area contributed by atoms with Gasteiger partial charge in [0.15, 0.2) is 5.78 Å². The molecule has 1 aromatic rings. The van der Waals surface area contributed by atoms with E-state index in [0.29, 0.717) is 11.0 Å². The van der Waals surface area contributed by atoms with Crippen LogP contribution in [0, 0.1) is 17.2 Å². The van der Waals surface area contributed by atoms with Crippen LogP contribution in [0.1, 0.15) is 30.6 Å². The van der Waals surface area contributed by atoms with Gasteiger partial charge >= 0.3 is 0 Å². The molecule has 0 spiro atoms. The molecule has 1 aliphatic rings. The molecule has 0 bridgehead atoms. The van der Waals surface area contributed by atoms with E-state index >= 15 is 0 Å². The van der Waals surface area contributed by atoms with Crippen molar-refractivity contribution in [2.24, 2.45) is 11.3 Å². The zero-order chi connectivity index (χ0) is 13.3. The maximum absolute atomic E-state index is 14.1. The summed E-state index contributed by atoms with van der Waals surface area (Å²) in [6.07, 6.45) is 0.773. The van der Waals surface area contributed by atoms with Crippen LogP contribution in [-0.4, -0.2) is 18.9 Å². The number of hydrogen-bond acceptors (Lipinski definition) is 2. The Balaban J connectivity index is 2.44. The first-order chi connectivity index (χ1) is 8.49. The Kier molecular flexibility index (Phi) is 3.87. The van der Waals surface area contributed by atoms with Gasteiger partial charge in [0.2, 0.25) is 0 Å². The average molecular weight is 314 g/mol. The molecular weight excluding hydrogens is 297 g/mol. The summed E-state index contributed by atoms with van der Waals surface area (Å²) in [6, 6.07) is 4.89. The van der Waals surface area contributed by atoms with E-state index in [4.69, 9.17) is 0 Å². The average Bonchev–Trinajstić information content (AvgIpc) is 2.82. The highest BCUT2D eigenvalue weighted by Gasteiger charge is 2.44. The number of benzene rings is 1. The fourth-order valence-corrected chi connectivity index (χ4v) is 2.97. The number of nitrogens with one attached hydrogen (secondary N) is 1. The molecule has 1 unspecified atom stereocenters. The molecule has 1 aliphatic heterocycles. The second kappa shape index (κ2) is 5.10. The summed E-state index contributed by atoms with van der Waals surface area (Å²) in [6.45, 7) is 5.51. The molecule has 0 saturated carbocycles. The minimum absolute atomic E-state index is 0.0821. The first-order valence-electron chi connectivity index (χ1n) is 6.18. The van der Waals surface area contributed by atoms with E-state index in [0.717, 1.165) is 13.0 Å². The van der Waals surface area contributed by atoms with Crippen LogP contribution < -0.4 is 5.32 Å². The van der Waals surface area contributed by atoms with Crippen LogP contribution in [0.3, 0.4) is 0 Å². The van der Waals surface area contributed by atoms with Gasteiger partial charge in [-0.1, -0.05) is 19.9 Å². The minimum Gasteiger partial charge on any atom is -0.316 e. The highest BCUT2D eigenvalue weighted by Crippen LogP contribution is 2.38. The van der Waals surface area contributed by atoms with Gasteiger partial charge in [-0.3, -0.25) is 4.79 Å². The Hall–Kier alpha value is -0.740. The molecule has 1 heterocycles. The van der Waals surface area contributed by atoms with Crippen LogP contribution in [0.5, 0.6) is 0 Å². The molecule has 98 valence electrons. The number of Topliss-reactive ketones (excluding diaryl/α,β-unsaturated/α-hetero) is 1. The standard InChI is InChI=1S/C14H17BrFNO/c1-9(2)14(6-7-17-8-14)13(18)10-4-3-5-11(15)12(10)16/h3-5,9,17H,6-8H2,1-2H3. The van der Waals surface area contributed by atoms with Crippen molar-refractivity contribution in [1.29, 1.82) is 0 Å². The van der Waals surface area contributed by atoms with Crippen LogP contribution in [-0.2, 0) is 0 Å². The maximum Gasteiger partial charge on any atom is 0.173 e. The first-order valence-corrected chi connectivity index (χ1v) is 6.98. The van der Waals surface area contributed by atoms with Crippen molar-refractivity contribution >= 4 is 21.7 Å². The molecule has 2 nitrogen and oxygen atoms in total. The lowest BCUT2D eigenvalue weighted by Crippen LogP contribution is -2.39. The molecule has 1 fully saturated rings. The largest absolute Gasteiger partial charge is 0.316 e. The molecule has 1 saturated heterocycles. The first kappa shape index (κ1) is 13.7. The van der Waals surface area contributed by atoms with Crippen molar-refractivity contribution in [1.82, 2.24) is 5.32 Å². The molecular formula is C14H17BrFNO. The zero-order valence-electron chi connectivity index (χ0n) is 10.6. The van der Waals surface area contributed by atoms with Crippen molar-refractivity contribution in [2.75, 3.05) is 13.1 Å².